The van der Waals surface area contributed by atoms with Crippen LogP contribution in [-0.4, -0.2) is 58.3 Å². The van der Waals surface area contributed by atoms with E-state index >= 15 is 0 Å². The van der Waals surface area contributed by atoms with Crippen LogP contribution < -0.4 is 4.90 Å². The van der Waals surface area contributed by atoms with Crippen molar-refractivity contribution in [1.29, 1.82) is 0 Å². The van der Waals surface area contributed by atoms with Crippen LogP contribution in [0.15, 0.2) is 47.5 Å². The van der Waals surface area contributed by atoms with E-state index in [9.17, 15) is 0 Å². The van der Waals surface area contributed by atoms with Gasteiger partial charge >= 0.3 is 0 Å². The number of hydrogen-bond donors (Lipinski definition) is 0. The molecule has 0 saturated heterocycles. The quantitative estimate of drug-likeness (QED) is 0.720. The van der Waals surface area contributed by atoms with Gasteiger partial charge in [-0.3, -0.25) is 4.99 Å². The van der Waals surface area contributed by atoms with Crippen LogP contribution in [0.25, 0.3) is 0 Å². The fourth-order valence-electron chi connectivity index (χ4n) is 2.76. The summed E-state index contributed by atoms with van der Waals surface area (Å²) >= 11 is 0. The van der Waals surface area contributed by atoms with E-state index in [2.05, 4.69) is 90.3 Å². The second-order valence-electron chi connectivity index (χ2n) is 7.23. The number of rotatable bonds is 7. The van der Waals surface area contributed by atoms with Crippen molar-refractivity contribution in [3.8, 4) is 0 Å². The highest BCUT2D eigenvalue weighted by atomic mass is 15.1. The molecule has 2 rings (SSSR count). The van der Waals surface area contributed by atoms with Gasteiger partial charge < -0.3 is 14.7 Å². The van der Waals surface area contributed by atoms with E-state index in [0.29, 0.717) is 0 Å². The highest BCUT2D eigenvalue weighted by Crippen LogP contribution is 2.19. The summed E-state index contributed by atoms with van der Waals surface area (Å²) in [6, 6.07) is 15.0. The van der Waals surface area contributed by atoms with Gasteiger partial charge in [-0.1, -0.05) is 6.07 Å². The molecular formula is C21H30N4. The molecule has 0 radical (unpaired) electrons. The van der Waals surface area contributed by atoms with Crippen molar-refractivity contribution in [2.75, 3.05) is 47.2 Å². The van der Waals surface area contributed by atoms with Crippen LogP contribution in [0.3, 0.4) is 0 Å². The van der Waals surface area contributed by atoms with E-state index in [1.165, 1.54) is 16.8 Å². The van der Waals surface area contributed by atoms with Crippen LogP contribution in [0.2, 0.25) is 0 Å². The minimum atomic E-state index is 0.930. The van der Waals surface area contributed by atoms with E-state index in [1.54, 1.807) is 0 Å². The molecule has 2 aromatic carbocycles. The monoisotopic (exact) mass is 338 g/mol. The van der Waals surface area contributed by atoms with Gasteiger partial charge in [-0.05, 0) is 81.3 Å². The van der Waals surface area contributed by atoms with E-state index in [4.69, 9.17) is 0 Å². The third-order valence-corrected chi connectivity index (χ3v) is 3.80. The predicted octanol–water partition coefficient (Wildman–Crippen LogP) is 3.63. The Morgan fingerprint density at radius 1 is 0.760 bits per heavy atom. The smallest absolute Gasteiger partial charge is 0.0631 e. The van der Waals surface area contributed by atoms with E-state index in [0.717, 1.165) is 24.3 Å². The lowest BCUT2D eigenvalue weighted by Crippen LogP contribution is -2.13. The molecule has 0 bridgehead atoms. The first kappa shape index (κ1) is 19.2. The van der Waals surface area contributed by atoms with Gasteiger partial charge in [-0.15, -0.1) is 0 Å². The van der Waals surface area contributed by atoms with E-state index < -0.39 is 0 Å². The zero-order chi connectivity index (χ0) is 18.4. The third kappa shape index (κ3) is 6.33. The summed E-state index contributed by atoms with van der Waals surface area (Å²) in [6.07, 6.45) is 1.96. The molecule has 4 nitrogen and oxygen atoms in total. The summed E-state index contributed by atoms with van der Waals surface area (Å²) in [7, 11) is 12.5. The largest absolute Gasteiger partial charge is 0.378 e. The second kappa shape index (κ2) is 8.79. The van der Waals surface area contributed by atoms with Crippen molar-refractivity contribution in [3.05, 3.63) is 59.2 Å². The van der Waals surface area contributed by atoms with Gasteiger partial charge in [0.25, 0.3) is 0 Å². The molecule has 0 unspecified atom stereocenters. The summed E-state index contributed by atoms with van der Waals surface area (Å²) in [4.78, 5) is 11.1. The molecule has 4 heteroatoms. The fourth-order valence-corrected chi connectivity index (χ4v) is 2.76. The maximum Gasteiger partial charge on any atom is 0.0631 e. The van der Waals surface area contributed by atoms with Crippen molar-refractivity contribution in [1.82, 2.24) is 9.80 Å². The molecule has 0 spiro atoms. The first-order valence-corrected chi connectivity index (χ1v) is 8.57. The molecule has 2 aromatic rings. The van der Waals surface area contributed by atoms with Crippen LogP contribution in [0, 0.1) is 0 Å². The summed E-state index contributed by atoms with van der Waals surface area (Å²) in [5, 5.41) is 0. The number of nitrogens with zero attached hydrogens (tertiary/aromatic N) is 4. The highest BCUT2D eigenvalue weighted by Gasteiger charge is 2.03. The van der Waals surface area contributed by atoms with Gasteiger partial charge in [-0.25, -0.2) is 0 Å². The van der Waals surface area contributed by atoms with Gasteiger partial charge in [0.1, 0.15) is 0 Å². The molecule has 0 fully saturated rings. The Balaban J connectivity index is 2.23. The Bertz CT molecular complexity index is 672. The van der Waals surface area contributed by atoms with Gasteiger partial charge in [0.15, 0.2) is 0 Å². The van der Waals surface area contributed by atoms with E-state index in [1.807, 2.05) is 20.3 Å². The van der Waals surface area contributed by atoms with Crippen molar-refractivity contribution >= 4 is 17.6 Å². The van der Waals surface area contributed by atoms with E-state index in [-0.39, 0.29) is 0 Å². The normalized spacial score (nSPS) is 11.7. The van der Waals surface area contributed by atoms with Crippen LogP contribution in [0.4, 0.5) is 11.4 Å². The average molecular weight is 338 g/mol. The zero-order valence-electron chi connectivity index (χ0n) is 16.3. The van der Waals surface area contributed by atoms with Crippen LogP contribution in [0.5, 0.6) is 0 Å². The summed E-state index contributed by atoms with van der Waals surface area (Å²) in [5.41, 5.74) is 5.92. The molecule has 0 saturated carbocycles. The number of hydrogen-bond acceptors (Lipinski definition) is 4. The minimum Gasteiger partial charge on any atom is -0.378 e. The first-order chi connectivity index (χ1) is 11.8. The Hall–Kier alpha value is -2.17. The molecule has 0 aromatic heterocycles. The van der Waals surface area contributed by atoms with Crippen LogP contribution in [-0.2, 0) is 13.1 Å². The van der Waals surface area contributed by atoms with Crippen LogP contribution >= 0.6 is 0 Å². The highest BCUT2D eigenvalue weighted by molar-refractivity contribution is 5.82. The standard InChI is InChI=1S/C21H30N4/c1-23(2)15-18-11-17(12-19(13-18)16-24(3)4)14-22-20-7-9-21(10-8-20)25(5)6/h7-14H,15-16H2,1-6H3. The number of anilines is 1. The van der Waals surface area contributed by atoms with Gasteiger partial charge in [0, 0.05) is 39.1 Å². The van der Waals surface area contributed by atoms with Crippen molar-refractivity contribution in [3.63, 3.8) is 0 Å². The molecule has 0 amide bonds. The topological polar surface area (TPSA) is 22.1 Å². The summed E-state index contributed by atoms with van der Waals surface area (Å²) < 4.78 is 0. The molecular weight excluding hydrogens is 308 g/mol. The average Bonchev–Trinajstić information content (AvgIpc) is 2.51. The molecule has 0 aliphatic rings. The molecule has 0 N–H and O–H groups in total. The fraction of sp³-hybridized carbons (Fsp3) is 0.381. The molecule has 0 aliphatic carbocycles. The molecule has 134 valence electrons. The Labute approximate surface area is 152 Å². The Morgan fingerprint density at radius 3 is 1.72 bits per heavy atom. The number of aliphatic imine (C=N–C) groups is 1. The third-order valence-electron chi connectivity index (χ3n) is 3.80. The Morgan fingerprint density at radius 2 is 1.28 bits per heavy atom. The maximum absolute atomic E-state index is 4.65. The lowest BCUT2D eigenvalue weighted by molar-refractivity contribution is 0.395. The van der Waals surface area contributed by atoms with Crippen molar-refractivity contribution in [2.24, 2.45) is 4.99 Å². The second-order valence-corrected chi connectivity index (χ2v) is 7.23. The van der Waals surface area contributed by atoms with Gasteiger partial charge in [0.2, 0.25) is 0 Å². The van der Waals surface area contributed by atoms with Crippen LogP contribution in [0.1, 0.15) is 16.7 Å². The molecule has 25 heavy (non-hydrogen) atoms. The number of benzene rings is 2. The van der Waals surface area contributed by atoms with Gasteiger partial charge in [0.05, 0.1) is 5.69 Å². The SMILES string of the molecule is CN(C)Cc1cc(C=Nc2ccc(N(C)C)cc2)cc(CN(C)C)c1. The minimum absolute atomic E-state index is 0.930. The summed E-state index contributed by atoms with van der Waals surface area (Å²) in [6.45, 7) is 1.86. The molecule has 0 atom stereocenters. The maximum atomic E-state index is 4.65. The first-order valence-electron chi connectivity index (χ1n) is 8.57. The van der Waals surface area contributed by atoms with Gasteiger partial charge in [-0.2, -0.15) is 0 Å². The van der Waals surface area contributed by atoms with Crippen molar-refractivity contribution in [2.45, 2.75) is 13.1 Å². The van der Waals surface area contributed by atoms with Crippen molar-refractivity contribution < 1.29 is 0 Å². The molecule has 0 aliphatic heterocycles. The lowest BCUT2D eigenvalue weighted by Gasteiger charge is -2.15. The molecule has 0 heterocycles. The summed E-state index contributed by atoms with van der Waals surface area (Å²) in [5.74, 6) is 0. The zero-order valence-corrected chi connectivity index (χ0v) is 16.3. The Kier molecular flexibility index (Phi) is 6.73. The lowest BCUT2D eigenvalue weighted by atomic mass is 10.1. The predicted molar refractivity (Wildman–Crippen MR) is 109 cm³/mol.